The summed E-state index contributed by atoms with van der Waals surface area (Å²) in [5, 5.41) is 1.42. The summed E-state index contributed by atoms with van der Waals surface area (Å²) in [6.07, 6.45) is 0. The lowest BCUT2D eigenvalue weighted by atomic mass is 10.2. The van der Waals surface area contributed by atoms with Gasteiger partial charge in [-0.1, -0.05) is 29.3 Å². The number of benzene rings is 2. The quantitative estimate of drug-likeness (QED) is 0.804. The number of rotatable bonds is 4. The van der Waals surface area contributed by atoms with Gasteiger partial charge in [0, 0.05) is 41.9 Å². The van der Waals surface area contributed by atoms with Gasteiger partial charge in [-0.15, -0.1) is 0 Å². The number of amides is 1. The molecule has 0 unspecified atom stereocenters. The summed E-state index contributed by atoms with van der Waals surface area (Å²) >= 11 is 12.0. The minimum Gasteiger partial charge on any atom is -0.484 e. The third-order valence-corrected chi connectivity index (χ3v) is 4.96. The lowest BCUT2D eigenvalue weighted by Gasteiger charge is -2.36. The van der Waals surface area contributed by atoms with Gasteiger partial charge in [-0.2, -0.15) is 0 Å². The molecule has 1 amide bonds. The van der Waals surface area contributed by atoms with Gasteiger partial charge in [0.05, 0.1) is 0 Å². The lowest BCUT2D eigenvalue weighted by Crippen LogP contribution is -2.50. The highest BCUT2D eigenvalue weighted by Crippen LogP contribution is 2.22. The second-order valence-corrected chi connectivity index (χ2v) is 6.89. The van der Waals surface area contributed by atoms with Crippen LogP contribution < -0.4 is 9.64 Å². The number of nitrogens with zero attached hydrogens (tertiary/aromatic N) is 2. The Labute approximate surface area is 157 Å². The summed E-state index contributed by atoms with van der Waals surface area (Å²) in [7, 11) is 0. The van der Waals surface area contributed by atoms with Crippen molar-refractivity contribution in [1.29, 1.82) is 0 Å². The van der Waals surface area contributed by atoms with Crippen molar-refractivity contribution in [2.24, 2.45) is 0 Å². The van der Waals surface area contributed by atoms with Gasteiger partial charge in [-0.25, -0.2) is 0 Å². The molecule has 1 heterocycles. The highest BCUT2D eigenvalue weighted by Gasteiger charge is 2.21. The van der Waals surface area contributed by atoms with Crippen LogP contribution in [0.2, 0.25) is 10.0 Å². The van der Waals surface area contributed by atoms with Gasteiger partial charge >= 0.3 is 0 Å². The SMILES string of the molecule is Cc1cc(OCC(=O)N2CCN(c3cccc(Cl)c3)CC2)ccc1Cl. The molecule has 0 aromatic heterocycles. The normalized spacial score (nSPS) is 14.5. The van der Waals surface area contributed by atoms with Crippen molar-refractivity contribution < 1.29 is 9.53 Å². The van der Waals surface area contributed by atoms with Gasteiger partial charge in [-0.3, -0.25) is 4.79 Å². The fraction of sp³-hybridized carbons (Fsp3) is 0.316. The summed E-state index contributed by atoms with van der Waals surface area (Å²) in [6, 6.07) is 13.2. The second-order valence-electron chi connectivity index (χ2n) is 6.05. The molecule has 4 nitrogen and oxygen atoms in total. The zero-order valence-electron chi connectivity index (χ0n) is 14.0. The van der Waals surface area contributed by atoms with E-state index < -0.39 is 0 Å². The van der Waals surface area contributed by atoms with Crippen molar-refractivity contribution in [3.63, 3.8) is 0 Å². The predicted octanol–water partition coefficient (Wildman–Crippen LogP) is 4.03. The molecule has 0 spiro atoms. The molecule has 1 aliphatic rings. The van der Waals surface area contributed by atoms with Crippen LogP contribution in [0.1, 0.15) is 5.56 Å². The van der Waals surface area contributed by atoms with Crippen molar-refractivity contribution in [2.75, 3.05) is 37.7 Å². The van der Waals surface area contributed by atoms with Gasteiger partial charge in [0.2, 0.25) is 0 Å². The monoisotopic (exact) mass is 378 g/mol. The third kappa shape index (κ3) is 4.59. The van der Waals surface area contributed by atoms with Gasteiger partial charge < -0.3 is 14.5 Å². The zero-order valence-corrected chi connectivity index (χ0v) is 15.6. The van der Waals surface area contributed by atoms with E-state index in [2.05, 4.69) is 4.90 Å². The molecule has 1 aliphatic heterocycles. The zero-order chi connectivity index (χ0) is 17.8. The van der Waals surface area contributed by atoms with Gasteiger partial charge in [-0.05, 0) is 48.9 Å². The topological polar surface area (TPSA) is 32.8 Å². The number of piperazine rings is 1. The lowest BCUT2D eigenvalue weighted by molar-refractivity contribution is -0.133. The maximum absolute atomic E-state index is 12.4. The molecule has 6 heteroatoms. The van der Waals surface area contributed by atoms with E-state index in [1.165, 1.54) is 0 Å². The smallest absolute Gasteiger partial charge is 0.260 e. The van der Waals surface area contributed by atoms with E-state index in [0.29, 0.717) is 23.9 Å². The van der Waals surface area contributed by atoms with E-state index in [-0.39, 0.29) is 12.5 Å². The molecule has 0 saturated carbocycles. The Balaban J connectivity index is 1.50. The Hall–Kier alpha value is -1.91. The number of halogens is 2. The number of carbonyl (C=O) groups is 1. The van der Waals surface area contributed by atoms with Crippen LogP contribution in [0.25, 0.3) is 0 Å². The van der Waals surface area contributed by atoms with E-state index in [0.717, 1.165) is 29.4 Å². The maximum atomic E-state index is 12.4. The van der Waals surface area contributed by atoms with Gasteiger partial charge in [0.25, 0.3) is 5.91 Å². The standard InChI is InChI=1S/C19H20Cl2N2O2/c1-14-11-17(5-6-18(14)21)25-13-19(24)23-9-7-22(8-10-23)16-4-2-3-15(20)12-16/h2-6,11-12H,7-10,13H2,1H3. The van der Waals surface area contributed by atoms with E-state index >= 15 is 0 Å². The first kappa shape index (κ1) is 17.9. The van der Waals surface area contributed by atoms with Crippen LogP contribution >= 0.6 is 23.2 Å². The molecule has 0 aliphatic carbocycles. The number of hydrogen-bond acceptors (Lipinski definition) is 3. The number of aryl methyl sites for hydroxylation is 1. The fourth-order valence-corrected chi connectivity index (χ4v) is 3.13. The molecule has 2 aromatic carbocycles. The van der Waals surface area contributed by atoms with E-state index in [1.54, 1.807) is 12.1 Å². The van der Waals surface area contributed by atoms with Crippen LogP contribution in [-0.2, 0) is 4.79 Å². The average Bonchev–Trinajstić information content (AvgIpc) is 2.62. The van der Waals surface area contributed by atoms with Crippen LogP contribution in [0, 0.1) is 6.92 Å². The number of anilines is 1. The Kier molecular flexibility index (Phi) is 5.71. The molecular formula is C19H20Cl2N2O2. The first-order chi connectivity index (χ1) is 12.0. The number of carbonyl (C=O) groups excluding carboxylic acids is 1. The largest absolute Gasteiger partial charge is 0.484 e. The highest BCUT2D eigenvalue weighted by molar-refractivity contribution is 6.31. The first-order valence-electron chi connectivity index (χ1n) is 8.20. The molecular weight excluding hydrogens is 359 g/mol. The van der Waals surface area contributed by atoms with Crippen LogP contribution in [-0.4, -0.2) is 43.6 Å². The second kappa shape index (κ2) is 7.98. The van der Waals surface area contributed by atoms with Crippen molar-refractivity contribution >= 4 is 34.8 Å². The van der Waals surface area contributed by atoms with E-state index in [1.807, 2.05) is 42.2 Å². The van der Waals surface area contributed by atoms with Crippen molar-refractivity contribution in [1.82, 2.24) is 4.90 Å². The summed E-state index contributed by atoms with van der Waals surface area (Å²) in [4.78, 5) is 16.4. The number of ether oxygens (including phenoxy) is 1. The summed E-state index contributed by atoms with van der Waals surface area (Å²) < 4.78 is 5.60. The van der Waals surface area contributed by atoms with Crippen molar-refractivity contribution in [3.05, 3.63) is 58.1 Å². The minimum absolute atomic E-state index is 0.00153. The molecule has 0 bridgehead atoms. The average molecular weight is 379 g/mol. The van der Waals surface area contributed by atoms with Crippen molar-refractivity contribution in [2.45, 2.75) is 6.92 Å². The highest BCUT2D eigenvalue weighted by atomic mass is 35.5. The molecule has 2 aromatic rings. The van der Waals surface area contributed by atoms with Crippen molar-refractivity contribution in [3.8, 4) is 5.75 Å². The summed E-state index contributed by atoms with van der Waals surface area (Å²) in [5.41, 5.74) is 2.02. The van der Waals surface area contributed by atoms with Crippen LogP contribution in [0.5, 0.6) is 5.75 Å². The number of hydrogen-bond donors (Lipinski definition) is 0. The molecule has 132 valence electrons. The minimum atomic E-state index is -0.00153. The first-order valence-corrected chi connectivity index (χ1v) is 8.96. The Morgan fingerprint density at radius 2 is 1.84 bits per heavy atom. The molecule has 0 atom stereocenters. The molecule has 0 N–H and O–H groups in total. The summed E-state index contributed by atoms with van der Waals surface area (Å²) in [6.45, 7) is 4.87. The third-order valence-electron chi connectivity index (χ3n) is 4.30. The molecule has 25 heavy (non-hydrogen) atoms. The van der Waals surface area contributed by atoms with Crippen LogP contribution in [0.15, 0.2) is 42.5 Å². The molecule has 1 fully saturated rings. The molecule has 0 radical (unpaired) electrons. The Bertz CT molecular complexity index is 759. The maximum Gasteiger partial charge on any atom is 0.260 e. The van der Waals surface area contributed by atoms with E-state index in [4.69, 9.17) is 27.9 Å². The van der Waals surface area contributed by atoms with Crippen LogP contribution in [0.3, 0.4) is 0 Å². The van der Waals surface area contributed by atoms with Gasteiger partial charge in [0.1, 0.15) is 5.75 Å². The van der Waals surface area contributed by atoms with Crippen LogP contribution in [0.4, 0.5) is 5.69 Å². The fourth-order valence-electron chi connectivity index (χ4n) is 2.83. The van der Waals surface area contributed by atoms with Gasteiger partial charge in [0.15, 0.2) is 6.61 Å². The molecule has 3 rings (SSSR count). The Morgan fingerprint density at radius 1 is 1.08 bits per heavy atom. The summed E-state index contributed by atoms with van der Waals surface area (Å²) in [5.74, 6) is 0.658. The predicted molar refractivity (Wildman–Crippen MR) is 102 cm³/mol. The Morgan fingerprint density at radius 3 is 2.52 bits per heavy atom. The van der Waals surface area contributed by atoms with E-state index in [9.17, 15) is 4.79 Å². The molecule has 1 saturated heterocycles.